The number of ether oxygens (including phenoxy) is 1. The van der Waals surface area contributed by atoms with Crippen molar-refractivity contribution in [2.24, 2.45) is 5.92 Å². The third-order valence-electron chi connectivity index (χ3n) is 2.96. The highest BCUT2D eigenvalue weighted by Crippen LogP contribution is 2.26. The molecule has 1 saturated heterocycles. The molecule has 1 aromatic heterocycles. The molecule has 2 heterocycles. The fourth-order valence-corrected chi connectivity index (χ4v) is 2.21. The molecule has 1 amide bonds. The number of methoxy groups -OCH3 is 1. The van der Waals surface area contributed by atoms with Crippen molar-refractivity contribution < 1.29 is 14.3 Å². The minimum atomic E-state index is -0.399. The number of esters is 1. The number of carbonyl (C=O) groups is 2. The average molecular weight is 313 g/mol. The number of aromatic nitrogens is 1. The Morgan fingerprint density at radius 3 is 2.89 bits per heavy atom. The third-order valence-corrected chi connectivity index (χ3v) is 3.76. The Morgan fingerprint density at radius 1 is 1.56 bits per heavy atom. The van der Waals surface area contributed by atoms with Gasteiger partial charge in [-0.15, -0.1) is 0 Å². The van der Waals surface area contributed by atoms with Gasteiger partial charge in [0.05, 0.1) is 13.0 Å². The van der Waals surface area contributed by atoms with Gasteiger partial charge in [-0.3, -0.25) is 14.5 Å². The molecule has 1 atom stereocenters. The minimum Gasteiger partial charge on any atom is -0.469 e. The molecule has 1 fully saturated rings. The first-order chi connectivity index (χ1) is 8.52. The molecule has 18 heavy (non-hydrogen) atoms. The van der Waals surface area contributed by atoms with Crippen molar-refractivity contribution in [1.29, 1.82) is 0 Å². The van der Waals surface area contributed by atoms with E-state index in [2.05, 4.69) is 25.7 Å². The van der Waals surface area contributed by atoms with Gasteiger partial charge in [-0.25, -0.2) is 4.98 Å². The van der Waals surface area contributed by atoms with Crippen LogP contribution >= 0.6 is 15.9 Å². The molecule has 0 bridgehead atoms. The van der Waals surface area contributed by atoms with Gasteiger partial charge in [0, 0.05) is 13.0 Å². The quantitative estimate of drug-likeness (QED) is 0.616. The van der Waals surface area contributed by atoms with Crippen LogP contribution in [0.1, 0.15) is 12.0 Å². The van der Waals surface area contributed by atoms with Crippen LogP contribution in [0.15, 0.2) is 16.7 Å². The first-order valence-electron chi connectivity index (χ1n) is 5.54. The van der Waals surface area contributed by atoms with E-state index in [1.165, 1.54) is 12.0 Å². The van der Waals surface area contributed by atoms with Crippen molar-refractivity contribution in [2.45, 2.75) is 13.3 Å². The van der Waals surface area contributed by atoms with E-state index in [4.69, 9.17) is 0 Å². The standard InChI is InChI=1S/C12H13BrN2O3/c1-7-3-4-9(14-11(7)13)15-6-8(5-10(15)16)12(17)18-2/h3-4,8H,5-6H2,1-2H3. The van der Waals surface area contributed by atoms with Crippen LogP contribution in [-0.4, -0.2) is 30.5 Å². The van der Waals surface area contributed by atoms with Crippen LogP contribution < -0.4 is 4.90 Å². The molecule has 0 N–H and O–H groups in total. The number of hydrogen-bond donors (Lipinski definition) is 0. The van der Waals surface area contributed by atoms with E-state index in [-0.39, 0.29) is 18.3 Å². The lowest BCUT2D eigenvalue weighted by atomic mass is 10.1. The number of anilines is 1. The van der Waals surface area contributed by atoms with Gasteiger partial charge in [-0.2, -0.15) is 0 Å². The number of rotatable bonds is 2. The van der Waals surface area contributed by atoms with Gasteiger partial charge in [0.15, 0.2) is 0 Å². The lowest BCUT2D eigenvalue weighted by Gasteiger charge is -2.15. The summed E-state index contributed by atoms with van der Waals surface area (Å²) < 4.78 is 5.37. The Bertz CT molecular complexity index is 504. The van der Waals surface area contributed by atoms with Crippen molar-refractivity contribution in [3.05, 3.63) is 22.3 Å². The SMILES string of the molecule is COC(=O)C1CC(=O)N(c2ccc(C)c(Br)n2)C1. The Morgan fingerprint density at radius 2 is 2.28 bits per heavy atom. The Hall–Kier alpha value is -1.43. The second-order valence-electron chi connectivity index (χ2n) is 4.21. The molecule has 1 aliphatic rings. The van der Waals surface area contributed by atoms with E-state index in [0.717, 1.165) is 5.56 Å². The van der Waals surface area contributed by atoms with Crippen LogP contribution in [0.2, 0.25) is 0 Å². The summed E-state index contributed by atoms with van der Waals surface area (Å²) in [6, 6.07) is 3.66. The molecule has 6 heteroatoms. The van der Waals surface area contributed by atoms with E-state index < -0.39 is 5.92 Å². The number of pyridine rings is 1. The number of nitrogens with zero attached hydrogens (tertiary/aromatic N) is 2. The van der Waals surface area contributed by atoms with Crippen LogP contribution in [0.5, 0.6) is 0 Å². The summed E-state index contributed by atoms with van der Waals surface area (Å²) in [5, 5.41) is 0. The molecule has 1 aliphatic heterocycles. The molecule has 2 rings (SSSR count). The van der Waals surface area contributed by atoms with Gasteiger partial charge >= 0.3 is 5.97 Å². The van der Waals surface area contributed by atoms with Crippen LogP contribution in [0.4, 0.5) is 5.82 Å². The first kappa shape index (κ1) is 13.0. The molecule has 5 nitrogen and oxygen atoms in total. The summed E-state index contributed by atoms with van der Waals surface area (Å²) in [5.74, 6) is -0.293. The summed E-state index contributed by atoms with van der Waals surface area (Å²) in [7, 11) is 1.33. The Balaban J connectivity index is 2.21. The van der Waals surface area contributed by atoms with E-state index in [0.29, 0.717) is 17.0 Å². The lowest BCUT2D eigenvalue weighted by molar-refractivity contribution is -0.145. The Labute approximate surface area is 113 Å². The molecule has 1 unspecified atom stereocenters. The van der Waals surface area contributed by atoms with Gasteiger partial charge < -0.3 is 4.74 Å². The maximum absolute atomic E-state index is 11.9. The molecule has 1 aromatic rings. The smallest absolute Gasteiger partial charge is 0.311 e. The first-order valence-corrected chi connectivity index (χ1v) is 6.33. The number of amides is 1. The monoisotopic (exact) mass is 312 g/mol. The predicted molar refractivity (Wildman–Crippen MR) is 69.2 cm³/mol. The van der Waals surface area contributed by atoms with E-state index in [1.54, 1.807) is 6.07 Å². The average Bonchev–Trinajstić information content (AvgIpc) is 2.74. The van der Waals surface area contributed by atoms with Crippen molar-refractivity contribution in [2.75, 3.05) is 18.6 Å². The summed E-state index contributed by atoms with van der Waals surface area (Å²) >= 11 is 3.33. The third kappa shape index (κ3) is 2.38. The van der Waals surface area contributed by atoms with Crippen LogP contribution in [0.25, 0.3) is 0 Å². The van der Waals surface area contributed by atoms with Crippen LogP contribution in [-0.2, 0) is 14.3 Å². The minimum absolute atomic E-state index is 0.103. The van der Waals surface area contributed by atoms with Gasteiger partial charge in [-0.05, 0) is 34.5 Å². The molecular weight excluding hydrogens is 300 g/mol. The molecule has 0 radical (unpaired) electrons. The maximum atomic E-state index is 11.9. The van der Waals surface area contributed by atoms with Crippen molar-refractivity contribution in [3.8, 4) is 0 Å². The highest BCUT2D eigenvalue weighted by Gasteiger charge is 2.36. The van der Waals surface area contributed by atoms with Gasteiger partial charge in [0.1, 0.15) is 10.4 Å². The van der Waals surface area contributed by atoms with Gasteiger partial charge in [0.2, 0.25) is 5.91 Å². The molecule has 0 saturated carbocycles. The van der Waals surface area contributed by atoms with E-state index >= 15 is 0 Å². The largest absolute Gasteiger partial charge is 0.469 e. The zero-order chi connectivity index (χ0) is 13.3. The van der Waals surface area contributed by atoms with E-state index in [1.807, 2.05) is 13.0 Å². The van der Waals surface area contributed by atoms with Crippen LogP contribution in [0, 0.1) is 12.8 Å². The summed E-state index contributed by atoms with van der Waals surface area (Å²) in [5.41, 5.74) is 0.995. The lowest BCUT2D eigenvalue weighted by Crippen LogP contribution is -2.27. The zero-order valence-corrected chi connectivity index (χ0v) is 11.7. The highest BCUT2D eigenvalue weighted by atomic mass is 79.9. The fourth-order valence-electron chi connectivity index (χ4n) is 1.90. The number of hydrogen-bond acceptors (Lipinski definition) is 4. The second-order valence-corrected chi connectivity index (χ2v) is 4.96. The maximum Gasteiger partial charge on any atom is 0.311 e. The van der Waals surface area contributed by atoms with Crippen molar-refractivity contribution in [3.63, 3.8) is 0 Å². The van der Waals surface area contributed by atoms with Gasteiger partial charge in [-0.1, -0.05) is 6.07 Å². The second kappa shape index (κ2) is 5.06. The van der Waals surface area contributed by atoms with Crippen molar-refractivity contribution >= 4 is 33.6 Å². The normalized spacial score (nSPS) is 19.2. The highest BCUT2D eigenvalue weighted by molar-refractivity contribution is 9.10. The Kier molecular flexibility index (Phi) is 3.65. The summed E-state index contributed by atoms with van der Waals surface area (Å²) in [6.45, 7) is 2.25. The fraction of sp³-hybridized carbons (Fsp3) is 0.417. The molecule has 0 spiro atoms. The number of halogens is 1. The van der Waals surface area contributed by atoms with E-state index in [9.17, 15) is 9.59 Å². The van der Waals surface area contributed by atoms with Gasteiger partial charge in [0.25, 0.3) is 0 Å². The number of carbonyl (C=O) groups excluding carboxylic acids is 2. The molecule has 0 aliphatic carbocycles. The summed E-state index contributed by atoms with van der Waals surface area (Å²) in [4.78, 5) is 29.1. The number of aryl methyl sites for hydroxylation is 1. The molecular formula is C12H13BrN2O3. The molecule has 96 valence electrons. The summed E-state index contributed by atoms with van der Waals surface area (Å²) in [6.07, 6.45) is 0.180. The zero-order valence-electron chi connectivity index (χ0n) is 10.1. The topological polar surface area (TPSA) is 59.5 Å². The predicted octanol–water partition coefficient (Wildman–Crippen LogP) is 1.68. The molecule has 0 aromatic carbocycles. The van der Waals surface area contributed by atoms with Crippen LogP contribution in [0.3, 0.4) is 0 Å². The van der Waals surface area contributed by atoms with Crippen molar-refractivity contribution in [1.82, 2.24) is 4.98 Å².